The molecule has 98 valence electrons. The average molecular weight is 290 g/mol. The summed E-state index contributed by atoms with van der Waals surface area (Å²) < 4.78 is 1.09. The third-order valence-corrected chi connectivity index (χ3v) is 4.83. The Hall–Kier alpha value is -1.66. The molecular formula is C13H14N4S2. The van der Waals surface area contributed by atoms with Crippen LogP contribution in [0.25, 0.3) is 10.2 Å². The maximum absolute atomic E-state index is 5.79. The normalized spacial score (nSPS) is 11.9. The van der Waals surface area contributed by atoms with Crippen molar-refractivity contribution in [3.05, 3.63) is 34.8 Å². The molecule has 2 aromatic heterocycles. The molecule has 3 aromatic rings. The number of thiazole rings is 2. The standard InChI is InChI=1S/C13H14N4S2/c1-13(2,11-15-5-6-18-11)17-12-16-9-4-3-8(14)7-10(9)19-12/h3-7H,14H2,1-2H3,(H,16,17). The summed E-state index contributed by atoms with van der Waals surface area (Å²) in [6, 6.07) is 5.77. The van der Waals surface area contributed by atoms with Crippen LogP contribution in [0.5, 0.6) is 0 Å². The van der Waals surface area contributed by atoms with Crippen LogP contribution in [0.2, 0.25) is 0 Å². The zero-order valence-corrected chi connectivity index (χ0v) is 12.3. The van der Waals surface area contributed by atoms with Gasteiger partial charge in [0.25, 0.3) is 0 Å². The highest BCUT2D eigenvalue weighted by Gasteiger charge is 2.24. The fraction of sp³-hybridized carbons (Fsp3) is 0.231. The fourth-order valence-corrected chi connectivity index (χ4v) is 3.64. The first-order chi connectivity index (χ1) is 9.04. The summed E-state index contributed by atoms with van der Waals surface area (Å²) in [6.07, 6.45) is 1.82. The molecule has 19 heavy (non-hydrogen) atoms. The number of nitrogens with zero attached hydrogens (tertiary/aromatic N) is 2. The molecule has 0 aliphatic rings. The van der Waals surface area contributed by atoms with E-state index in [0.29, 0.717) is 0 Å². The highest BCUT2D eigenvalue weighted by atomic mass is 32.1. The summed E-state index contributed by atoms with van der Waals surface area (Å²) in [4.78, 5) is 8.94. The zero-order chi connectivity index (χ0) is 13.5. The molecule has 3 N–H and O–H groups in total. The number of nitrogen functional groups attached to an aromatic ring is 1. The van der Waals surface area contributed by atoms with Crippen LogP contribution in [0.1, 0.15) is 18.9 Å². The molecule has 0 fully saturated rings. The van der Waals surface area contributed by atoms with E-state index in [-0.39, 0.29) is 5.54 Å². The van der Waals surface area contributed by atoms with Crippen molar-refractivity contribution in [1.82, 2.24) is 9.97 Å². The summed E-state index contributed by atoms with van der Waals surface area (Å²) in [5, 5.41) is 7.37. The zero-order valence-electron chi connectivity index (χ0n) is 10.7. The lowest BCUT2D eigenvalue weighted by Gasteiger charge is -2.23. The van der Waals surface area contributed by atoms with Crippen LogP contribution in [0.4, 0.5) is 10.8 Å². The Kier molecular flexibility index (Phi) is 2.91. The van der Waals surface area contributed by atoms with E-state index in [2.05, 4.69) is 29.1 Å². The molecule has 0 spiro atoms. The Labute approximate surface area is 119 Å². The number of hydrogen-bond acceptors (Lipinski definition) is 6. The molecule has 0 aliphatic carbocycles. The lowest BCUT2D eigenvalue weighted by molar-refractivity contribution is 0.604. The minimum atomic E-state index is -0.229. The molecule has 0 saturated carbocycles. The minimum absolute atomic E-state index is 0.229. The van der Waals surface area contributed by atoms with Gasteiger partial charge in [0.1, 0.15) is 5.01 Å². The molecule has 0 saturated heterocycles. The van der Waals surface area contributed by atoms with Gasteiger partial charge in [-0.05, 0) is 32.0 Å². The number of rotatable bonds is 3. The van der Waals surface area contributed by atoms with Gasteiger partial charge in [0.05, 0.1) is 15.8 Å². The molecule has 1 aromatic carbocycles. The molecular weight excluding hydrogens is 276 g/mol. The number of aromatic nitrogens is 2. The van der Waals surface area contributed by atoms with Crippen LogP contribution in [-0.2, 0) is 5.54 Å². The number of nitrogens with two attached hydrogens (primary N) is 1. The lowest BCUT2D eigenvalue weighted by Crippen LogP contribution is -2.27. The van der Waals surface area contributed by atoms with E-state index >= 15 is 0 Å². The second-order valence-corrected chi connectivity index (χ2v) is 6.76. The third kappa shape index (κ3) is 2.41. The Morgan fingerprint density at radius 1 is 1.32 bits per heavy atom. The quantitative estimate of drug-likeness (QED) is 0.722. The van der Waals surface area contributed by atoms with Crippen molar-refractivity contribution in [3.8, 4) is 0 Å². The summed E-state index contributed by atoms with van der Waals surface area (Å²) in [6.45, 7) is 4.21. The van der Waals surface area contributed by atoms with Crippen molar-refractivity contribution < 1.29 is 0 Å². The van der Waals surface area contributed by atoms with Gasteiger partial charge < -0.3 is 11.1 Å². The number of hydrogen-bond donors (Lipinski definition) is 2. The smallest absolute Gasteiger partial charge is 0.184 e. The van der Waals surface area contributed by atoms with Gasteiger partial charge in [-0.2, -0.15) is 0 Å². The largest absolute Gasteiger partial charge is 0.399 e. The summed E-state index contributed by atoms with van der Waals surface area (Å²) in [7, 11) is 0. The van der Waals surface area contributed by atoms with Crippen molar-refractivity contribution in [1.29, 1.82) is 0 Å². The Bertz CT molecular complexity index is 701. The van der Waals surface area contributed by atoms with Gasteiger partial charge in [-0.25, -0.2) is 9.97 Å². The molecule has 0 amide bonds. The highest BCUT2D eigenvalue weighted by Crippen LogP contribution is 2.32. The monoisotopic (exact) mass is 290 g/mol. The van der Waals surface area contributed by atoms with Gasteiger partial charge in [-0.3, -0.25) is 0 Å². The van der Waals surface area contributed by atoms with E-state index in [0.717, 1.165) is 26.0 Å². The first-order valence-electron chi connectivity index (χ1n) is 5.89. The summed E-state index contributed by atoms with van der Waals surface area (Å²) in [5.74, 6) is 0. The van der Waals surface area contributed by atoms with Gasteiger partial charge >= 0.3 is 0 Å². The van der Waals surface area contributed by atoms with Crippen LogP contribution in [0.3, 0.4) is 0 Å². The van der Waals surface area contributed by atoms with Crippen molar-refractivity contribution in [3.63, 3.8) is 0 Å². The maximum atomic E-state index is 5.79. The van der Waals surface area contributed by atoms with Crippen LogP contribution < -0.4 is 11.1 Å². The molecule has 0 bridgehead atoms. The predicted octanol–water partition coefficient (Wildman–Crippen LogP) is 3.68. The average Bonchev–Trinajstić information content (AvgIpc) is 2.95. The second kappa shape index (κ2) is 4.47. The van der Waals surface area contributed by atoms with Gasteiger partial charge in [-0.1, -0.05) is 11.3 Å². The molecule has 3 rings (SSSR count). The maximum Gasteiger partial charge on any atom is 0.184 e. The van der Waals surface area contributed by atoms with E-state index < -0.39 is 0 Å². The molecule has 6 heteroatoms. The fourth-order valence-electron chi connectivity index (χ4n) is 1.85. The van der Waals surface area contributed by atoms with Gasteiger partial charge in [0.15, 0.2) is 5.13 Å². The van der Waals surface area contributed by atoms with Crippen LogP contribution in [0, 0.1) is 0 Å². The molecule has 2 heterocycles. The number of nitrogens with one attached hydrogen (secondary N) is 1. The first-order valence-corrected chi connectivity index (χ1v) is 7.58. The van der Waals surface area contributed by atoms with Gasteiger partial charge in [0, 0.05) is 17.3 Å². The Morgan fingerprint density at radius 2 is 2.16 bits per heavy atom. The van der Waals surface area contributed by atoms with E-state index in [1.54, 1.807) is 22.7 Å². The summed E-state index contributed by atoms with van der Waals surface area (Å²) in [5.41, 5.74) is 7.29. The van der Waals surface area contributed by atoms with Crippen LogP contribution in [-0.4, -0.2) is 9.97 Å². The predicted molar refractivity (Wildman–Crippen MR) is 82.8 cm³/mol. The van der Waals surface area contributed by atoms with Crippen molar-refractivity contribution in [2.45, 2.75) is 19.4 Å². The highest BCUT2D eigenvalue weighted by molar-refractivity contribution is 7.22. The SMILES string of the molecule is CC(C)(Nc1nc2ccc(N)cc2s1)c1nccs1. The van der Waals surface area contributed by atoms with Crippen LogP contribution in [0.15, 0.2) is 29.8 Å². The van der Waals surface area contributed by atoms with E-state index in [1.165, 1.54) is 0 Å². The van der Waals surface area contributed by atoms with Crippen molar-refractivity contribution in [2.24, 2.45) is 0 Å². The van der Waals surface area contributed by atoms with Gasteiger partial charge in [0.2, 0.25) is 0 Å². The Balaban J connectivity index is 1.93. The molecule has 0 aliphatic heterocycles. The second-order valence-electron chi connectivity index (χ2n) is 4.83. The molecule has 0 unspecified atom stereocenters. The summed E-state index contributed by atoms with van der Waals surface area (Å²) >= 11 is 3.25. The van der Waals surface area contributed by atoms with Crippen LogP contribution >= 0.6 is 22.7 Å². The Morgan fingerprint density at radius 3 is 2.89 bits per heavy atom. The first kappa shape index (κ1) is 12.4. The van der Waals surface area contributed by atoms with Crippen molar-refractivity contribution in [2.75, 3.05) is 11.1 Å². The van der Waals surface area contributed by atoms with E-state index in [4.69, 9.17) is 5.73 Å². The van der Waals surface area contributed by atoms with Gasteiger partial charge in [-0.15, -0.1) is 11.3 Å². The molecule has 0 atom stereocenters. The van der Waals surface area contributed by atoms with Crippen molar-refractivity contribution >= 4 is 43.7 Å². The number of fused-ring (bicyclic) bond motifs is 1. The number of benzene rings is 1. The molecule has 0 radical (unpaired) electrons. The topological polar surface area (TPSA) is 63.8 Å². The lowest BCUT2D eigenvalue weighted by atomic mass is 10.1. The minimum Gasteiger partial charge on any atom is -0.399 e. The molecule has 4 nitrogen and oxygen atoms in total. The van der Waals surface area contributed by atoms with E-state index in [1.807, 2.05) is 29.8 Å². The van der Waals surface area contributed by atoms with E-state index in [9.17, 15) is 0 Å². The third-order valence-electron chi connectivity index (χ3n) is 2.80. The number of anilines is 2.